The van der Waals surface area contributed by atoms with Crippen LogP contribution in [-0.2, 0) is 11.2 Å². The minimum absolute atomic E-state index is 0.0886. The summed E-state index contributed by atoms with van der Waals surface area (Å²) in [6.07, 6.45) is 0.650. The molecule has 10 nitrogen and oxygen atoms in total. The van der Waals surface area contributed by atoms with Gasteiger partial charge in [0, 0.05) is 30.6 Å². The Morgan fingerprint density at radius 2 is 1.44 bits per heavy atom. The van der Waals surface area contributed by atoms with Gasteiger partial charge in [-0.05, 0) is 72.6 Å². The second kappa shape index (κ2) is 14.1. The van der Waals surface area contributed by atoms with Gasteiger partial charge in [-0.3, -0.25) is 9.59 Å². The molecule has 1 aromatic heterocycles. The minimum atomic E-state index is -0.263. The third-order valence-corrected chi connectivity index (χ3v) is 7.25. The van der Waals surface area contributed by atoms with Crippen LogP contribution in [0.3, 0.4) is 0 Å². The van der Waals surface area contributed by atoms with Crippen molar-refractivity contribution in [3.05, 3.63) is 77.9 Å². The summed E-state index contributed by atoms with van der Waals surface area (Å²) in [6, 6.07) is 20.0. The molecule has 4 rings (SSSR count). The van der Waals surface area contributed by atoms with Crippen LogP contribution in [0.15, 0.2) is 66.7 Å². The Kier molecular flexibility index (Phi) is 10.1. The van der Waals surface area contributed by atoms with Crippen molar-refractivity contribution in [3.63, 3.8) is 0 Å². The van der Waals surface area contributed by atoms with E-state index in [1.807, 2.05) is 42.5 Å². The Morgan fingerprint density at radius 3 is 2.07 bits per heavy atom. The largest absolute Gasteiger partial charge is 0.497 e. The summed E-state index contributed by atoms with van der Waals surface area (Å²) < 4.78 is 21.1. The van der Waals surface area contributed by atoms with E-state index in [1.54, 1.807) is 57.6 Å². The number of hydrogen-bond acceptors (Lipinski definition) is 9. The standard InChI is InChI=1S/C30H32N4O6S/c1-37-23-10-6-21(7-11-23)28-32-33-30(41-28)31-27(35)16-18-34(29(36)22-8-12-24(38-2)13-9-22)17-15-20-5-14-25(39-3)26(19-20)40-4/h5-14,19H,15-18H2,1-4H3,(H,31,33,35). The smallest absolute Gasteiger partial charge is 0.253 e. The Labute approximate surface area is 242 Å². The number of rotatable bonds is 13. The normalized spacial score (nSPS) is 10.5. The molecule has 0 unspecified atom stereocenters. The van der Waals surface area contributed by atoms with Gasteiger partial charge in [-0.15, -0.1) is 10.2 Å². The van der Waals surface area contributed by atoms with Gasteiger partial charge < -0.3 is 29.2 Å². The number of carbonyl (C=O) groups is 2. The highest BCUT2D eigenvalue weighted by Crippen LogP contribution is 2.29. The first-order valence-corrected chi connectivity index (χ1v) is 13.7. The third kappa shape index (κ3) is 7.73. The zero-order valence-electron chi connectivity index (χ0n) is 23.4. The molecule has 41 heavy (non-hydrogen) atoms. The van der Waals surface area contributed by atoms with Crippen LogP contribution >= 0.6 is 11.3 Å². The third-order valence-electron chi connectivity index (χ3n) is 6.36. The summed E-state index contributed by atoms with van der Waals surface area (Å²) in [7, 11) is 6.34. The molecule has 0 aliphatic heterocycles. The molecule has 0 atom stereocenters. The summed E-state index contributed by atoms with van der Waals surface area (Å²) in [5, 5.41) is 12.1. The molecule has 2 amide bonds. The van der Waals surface area contributed by atoms with Crippen molar-refractivity contribution in [2.24, 2.45) is 0 Å². The van der Waals surface area contributed by atoms with Gasteiger partial charge in [-0.25, -0.2) is 0 Å². The number of methoxy groups -OCH3 is 4. The maximum Gasteiger partial charge on any atom is 0.253 e. The number of ether oxygens (including phenoxy) is 4. The lowest BCUT2D eigenvalue weighted by Gasteiger charge is -2.23. The van der Waals surface area contributed by atoms with Crippen molar-refractivity contribution in [2.75, 3.05) is 46.8 Å². The lowest BCUT2D eigenvalue weighted by Crippen LogP contribution is -2.35. The molecule has 3 aromatic carbocycles. The van der Waals surface area contributed by atoms with Crippen LogP contribution in [0.4, 0.5) is 5.13 Å². The number of anilines is 1. The second-order valence-electron chi connectivity index (χ2n) is 8.90. The van der Waals surface area contributed by atoms with E-state index in [-0.39, 0.29) is 24.8 Å². The quantitative estimate of drug-likeness (QED) is 0.238. The van der Waals surface area contributed by atoms with Crippen LogP contribution in [0, 0.1) is 0 Å². The molecular formula is C30H32N4O6S. The second-order valence-corrected chi connectivity index (χ2v) is 9.88. The van der Waals surface area contributed by atoms with E-state index in [4.69, 9.17) is 18.9 Å². The van der Waals surface area contributed by atoms with Crippen LogP contribution < -0.4 is 24.3 Å². The number of carbonyl (C=O) groups excluding carboxylic acids is 2. The fraction of sp³-hybridized carbons (Fsp3) is 0.267. The van der Waals surface area contributed by atoms with Crippen LogP contribution in [0.25, 0.3) is 10.6 Å². The van der Waals surface area contributed by atoms with E-state index in [1.165, 1.54) is 11.3 Å². The van der Waals surface area contributed by atoms with Gasteiger partial charge in [0.15, 0.2) is 11.5 Å². The first kappa shape index (κ1) is 29.3. The zero-order valence-corrected chi connectivity index (χ0v) is 24.2. The van der Waals surface area contributed by atoms with Gasteiger partial charge in [0.25, 0.3) is 5.91 Å². The summed E-state index contributed by atoms with van der Waals surface area (Å²) >= 11 is 1.27. The van der Waals surface area contributed by atoms with E-state index < -0.39 is 0 Å². The van der Waals surface area contributed by atoms with Crippen molar-refractivity contribution in [2.45, 2.75) is 12.8 Å². The number of nitrogens with one attached hydrogen (secondary N) is 1. The highest BCUT2D eigenvalue weighted by molar-refractivity contribution is 7.18. The molecule has 214 valence electrons. The highest BCUT2D eigenvalue weighted by Gasteiger charge is 2.19. The van der Waals surface area contributed by atoms with Gasteiger partial charge in [-0.1, -0.05) is 17.4 Å². The van der Waals surface area contributed by atoms with Gasteiger partial charge >= 0.3 is 0 Å². The van der Waals surface area contributed by atoms with Gasteiger partial charge in [-0.2, -0.15) is 0 Å². The fourth-order valence-corrected chi connectivity index (χ4v) is 4.84. The molecule has 0 aliphatic carbocycles. The molecule has 0 spiro atoms. The van der Waals surface area contributed by atoms with Gasteiger partial charge in [0.1, 0.15) is 16.5 Å². The average molecular weight is 577 g/mol. The van der Waals surface area contributed by atoms with Crippen molar-refractivity contribution < 1.29 is 28.5 Å². The first-order valence-electron chi connectivity index (χ1n) is 12.9. The molecule has 11 heteroatoms. The Balaban J connectivity index is 1.42. The Hall–Kier alpha value is -4.64. The van der Waals surface area contributed by atoms with E-state index in [9.17, 15) is 9.59 Å². The fourth-order valence-electron chi connectivity index (χ4n) is 4.07. The number of aromatic nitrogens is 2. The summed E-state index contributed by atoms with van der Waals surface area (Å²) in [5.41, 5.74) is 2.35. The lowest BCUT2D eigenvalue weighted by atomic mass is 10.1. The minimum Gasteiger partial charge on any atom is -0.497 e. The van der Waals surface area contributed by atoms with E-state index in [0.29, 0.717) is 45.9 Å². The molecule has 1 N–H and O–H groups in total. The molecule has 0 fully saturated rings. The predicted octanol–water partition coefficient (Wildman–Crippen LogP) is 4.95. The van der Waals surface area contributed by atoms with Crippen molar-refractivity contribution in [3.8, 4) is 33.6 Å². The maximum atomic E-state index is 13.4. The Morgan fingerprint density at radius 1 is 0.780 bits per heavy atom. The molecule has 0 radical (unpaired) electrons. The van der Waals surface area contributed by atoms with Crippen LogP contribution in [0.1, 0.15) is 22.3 Å². The topological polar surface area (TPSA) is 112 Å². The highest BCUT2D eigenvalue weighted by atomic mass is 32.1. The maximum absolute atomic E-state index is 13.4. The molecule has 0 aliphatic rings. The number of hydrogen-bond donors (Lipinski definition) is 1. The van der Waals surface area contributed by atoms with Crippen LogP contribution in [0.5, 0.6) is 23.0 Å². The van der Waals surface area contributed by atoms with Crippen molar-refractivity contribution in [1.29, 1.82) is 0 Å². The molecular weight excluding hydrogens is 544 g/mol. The molecule has 4 aromatic rings. The molecule has 0 saturated heterocycles. The molecule has 1 heterocycles. The first-order chi connectivity index (χ1) is 19.9. The number of amides is 2. The number of nitrogens with zero attached hydrogens (tertiary/aromatic N) is 3. The van der Waals surface area contributed by atoms with E-state index in [0.717, 1.165) is 16.9 Å². The summed E-state index contributed by atoms with van der Waals surface area (Å²) in [4.78, 5) is 28.0. The number of benzene rings is 3. The van der Waals surface area contributed by atoms with Crippen LogP contribution in [0.2, 0.25) is 0 Å². The SMILES string of the molecule is COc1ccc(C(=O)N(CCC(=O)Nc2nnc(-c3ccc(OC)cc3)s2)CCc2ccc(OC)c(OC)c2)cc1. The lowest BCUT2D eigenvalue weighted by molar-refractivity contribution is -0.116. The monoisotopic (exact) mass is 576 g/mol. The zero-order chi connectivity index (χ0) is 29.2. The van der Waals surface area contributed by atoms with Crippen LogP contribution in [-0.4, -0.2) is 68.4 Å². The predicted molar refractivity (Wildman–Crippen MR) is 157 cm³/mol. The summed E-state index contributed by atoms with van der Waals surface area (Å²) in [5.74, 6) is 2.20. The van der Waals surface area contributed by atoms with E-state index in [2.05, 4.69) is 15.5 Å². The average Bonchev–Trinajstić information content (AvgIpc) is 3.48. The van der Waals surface area contributed by atoms with Crippen molar-refractivity contribution in [1.82, 2.24) is 15.1 Å². The molecule has 0 saturated carbocycles. The Bertz CT molecular complexity index is 1460. The van der Waals surface area contributed by atoms with Crippen molar-refractivity contribution >= 4 is 28.3 Å². The van der Waals surface area contributed by atoms with Gasteiger partial charge in [0.2, 0.25) is 11.0 Å². The van der Waals surface area contributed by atoms with E-state index >= 15 is 0 Å². The molecule has 0 bridgehead atoms. The summed E-state index contributed by atoms with van der Waals surface area (Å²) in [6.45, 7) is 0.613. The van der Waals surface area contributed by atoms with Gasteiger partial charge in [0.05, 0.1) is 28.4 Å².